The Hall–Kier alpha value is -2.67. The number of fused-ring (bicyclic) bond motifs is 2. The second-order valence-electron chi connectivity index (χ2n) is 6.83. The minimum atomic E-state index is -2.65. The average molecular weight is 405 g/mol. The summed E-state index contributed by atoms with van der Waals surface area (Å²) in [6.07, 6.45) is 0.713. The van der Waals surface area contributed by atoms with Gasteiger partial charge in [0.15, 0.2) is 0 Å². The Bertz CT molecular complexity index is 1080. The van der Waals surface area contributed by atoms with E-state index in [1.54, 1.807) is 19.3 Å². The SMILES string of the molecule is CNC(=O)c1cn(C)c2ccc(N3CCCc4cc(Cl)c(C(F)F)cc43)nc12. The topological polar surface area (TPSA) is 50.2 Å². The van der Waals surface area contributed by atoms with Gasteiger partial charge in [-0.25, -0.2) is 13.8 Å². The van der Waals surface area contributed by atoms with E-state index in [0.29, 0.717) is 29.1 Å². The van der Waals surface area contributed by atoms with Crippen LogP contribution < -0.4 is 10.2 Å². The fourth-order valence-electron chi connectivity index (χ4n) is 3.72. The number of anilines is 2. The zero-order valence-corrected chi connectivity index (χ0v) is 16.2. The van der Waals surface area contributed by atoms with Crippen LogP contribution in [0.4, 0.5) is 20.3 Å². The summed E-state index contributed by atoms with van der Waals surface area (Å²) in [5.74, 6) is 0.397. The van der Waals surface area contributed by atoms with Gasteiger partial charge >= 0.3 is 0 Å². The zero-order chi connectivity index (χ0) is 20.0. The number of rotatable bonds is 3. The lowest BCUT2D eigenvalue weighted by molar-refractivity contribution is 0.0964. The molecule has 0 atom stereocenters. The lowest BCUT2D eigenvalue weighted by atomic mass is 9.99. The van der Waals surface area contributed by atoms with E-state index in [1.165, 1.54) is 6.07 Å². The number of nitrogens with zero attached hydrogens (tertiary/aromatic N) is 3. The van der Waals surface area contributed by atoms with Crippen LogP contribution in [0.2, 0.25) is 5.02 Å². The van der Waals surface area contributed by atoms with Gasteiger partial charge in [0.05, 0.1) is 11.1 Å². The van der Waals surface area contributed by atoms with Gasteiger partial charge in [0.1, 0.15) is 11.3 Å². The van der Waals surface area contributed by atoms with E-state index in [4.69, 9.17) is 16.6 Å². The van der Waals surface area contributed by atoms with Crippen molar-refractivity contribution in [3.05, 3.63) is 52.2 Å². The maximum Gasteiger partial charge on any atom is 0.265 e. The Morgan fingerprint density at radius 3 is 2.82 bits per heavy atom. The molecule has 0 unspecified atom stereocenters. The summed E-state index contributed by atoms with van der Waals surface area (Å²) in [7, 11) is 3.42. The molecular weight excluding hydrogens is 386 g/mol. The molecule has 0 saturated heterocycles. The summed E-state index contributed by atoms with van der Waals surface area (Å²) in [6, 6.07) is 6.82. The molecule has 0 bridgehead atoms. The molecule has 3 aromatic rings. The van der Waals surface area contributed by atoms with E-state index in [2.05, 4.69) is 5.32 Å². The quantitative estimate of drug-likeness (QED) is 0.693. The minimum Gasteiger partial charge on any atom is -0.355 e. The summed E-state index contributed by atoms with van der Waals surface area (Å²) >= 11 is 6.04. The van der Waals surface area contributed by atoms with E-state index in [-0.39, 0.29) is 16.5 Å². The lowest BCUT2D eigenvalue weighted by Gasteiger charge is -2.31. The van der Waals surface area contributed by atoms with Gasteiger partial charge in [-0.2, -0.15) is 0 Å². The van der Waals surface area contributed by atoms with Crippen molar-refractivity contribution in [2.24, 2.45) is 7.05 Å². The first kappa shape index (κ1) is 18.7. The molecule has 3 heterocycles. The molecule has 1 aromatic carbocycles. The van der Waals surface area contributed by atoms with Crippen molar-refractivity contribution in [1.29, 1.82) is 0 Å². The lowest BCUT2D eigenvalue weighted by Crippen LogP contribution is -2.25. The minimum absolute atomic E-state index is 0.0870. The monoisotopic (exact) mass is 404 g/mol. The van der Waals surface area contributed by atoms with Gasteiger partial charge in [0.2, 0.25) is 0 Å². The average Bonchev–Trinajstić information content (AvgIpc) is 3.02. The van der Waals surface area contributed by atoms with Gasteiger partial charge < -0.3 is 14.8 Å². The van der Waals surface area contributed by atoms with E-state index >= 15 is 0 Å². The van der Waals surface area contributed by atoms with Gasteiger partial charge in [-0.05, 0) is 42.7 Å². The molecule has 2 aromatic heterocycles. The number of aryl methyl sites for hydroxylation is 2. The zero-order valence-electron chi connectivity index (χ0n) is 15.5. The van der Waals surface area contributed by atoms with E-state index in [9.17, 15) is 13.6 Å². The highest BCUT2D eigenvalue weighted by Crippen LogP contribution is 2.39. The Morgan fingerprint density at radius 1 is 1.32 bits per heavy atom. The third-order valence-corrected chi connectivity index (χ3v) is 5.44. The van der Waals surface area contributed by atoms with Crippen molar-refractivity contribution in [1.82, 2.24) is 14.9 Å². The summed E-state index contributed by atoms with van der Waals surface area (Å²) < 4.78 is 28.5. The van der Waals surface area contributed by atoms with Gasteiger partial charge in [0, 0.05) is 43.1 Å². The van der Waals surface area contributed by atoms with Crippen LogP contribution in [0.5, 0.6) is 0 Å². The number of aromatic nitrogens is 2. The first-order chi connectivity index (χ1) is 13.4. The van der Waals surface area contributed by atoms with E-state index in [0.717, 1.165) is 23.9 Å². The van der Waals surface area contributed by atoms with Gasteiger partial charge in [0.25, 0.3) is 12.3 Å². The summed E-state index contributed by atoms with van der Waals surface area (Å²) in [4.78, 5) is 18.8. The first-order valence-corrected chi connectivity index (χ1v) is 9.34. The Morgan fingerprint density at radius 2 is 2.11 bits per heavy atom. The molecule has 4 rings (SSSR count). The van der Waals surface area contributed by atoms with Crippen LogP contribution in [-0.4, -0.2) is 29.1 Å². The fraction of sp³-hybridized carbons (Fsp3) is 0.300. The second kappa shape index (κ2) is 7.05. The van der Waals surface area contributed by atoms with Crippen LogP contribution in [0.1, 0.15) is 34.3 Å². The normalized spacial score (nSPS) is 13.9. The standard InChI is InChI=1S/C20H19ClF2N4O/c1-24-20(28)13-10-26(2)15-5-6-17(25-18(13)15)27-7-3-4-11-8-14(21)12(19(22)23)9-16(11)27/h5-6,8-10,19H,3-4,7H2,1-2H3,(H,24,28). The second-order valence-corrected chi connectivity index (χ2v) is 7.24. The molecule has 0 radical (unpaired) electrons. The number of benzene rings is 1. The molecule has 0 fully saturated rings. The molecule has 28 heavy (non-hydrogen) atoms. The predicted molar refractivity (Wildman–Crippen MR) is 106 cm³/mol. The molecule has 0 spiro atoms. The highest BCUT2D eigenvalue weighted by molar-refractivity contribution is 6.31. The van der Waals surface area contributed by atoms with Crippen molar-refractivity contribution in [3.63, 3.8) is 0 Å². The Labute approximate surface area is 165 Å². The van der Waals surface area contributed by atoms with Crippen molar-refractivity contribution in [3.8, 4) is 0 Å². The molecule has 0 aliphatic carbocycles. The third kappa shape index (κ3) is 2.99. The van der Waals surface area contributed by atoms with Gasteiger partial charge in [-0.1, -0.05) is 11.6 Å². The third-order valence-electron chi connectivity index (χ3n) is 5.12. The molecule has 1 aliphatic rings. The number of pyridine rings is 1. The van der Waals surface area contributed by atoms with Crippen LogP contribution in [0, 0.1) is 0 Å². The molecule has 1 aliphatic heterocycles. The molecule has 0 saturated carbocycles. The number of carbonyl (C=O) groups is 1. The number of nitrogens with one attached hydrogen (secondary N) is 1. The van der Waals surface area contributed by atoms with Crippen LogP contribution in [0.25, 0.3) is 11.0 Å². The van der Waals surface area contributed by atoms with Crippen LogP contribution >= 0.6 is 11.6 Å². The van der Waals surface area contributed by atoms with Crippen LogP contribution in [0.3, 0.4) is 0 Å². The number of hydrogen-bond acceptors (Lipinski definition) is 3. The Balaban J connectivity index is 1.86. The highest BCUT2D eigenvalue weighted by atomic mass is 35.5. The number of carbonyl (C=O) groups excluding carboxylic acids is 1. The smallest absolute Gasteiger partial charge is 0.265 e. The molecule has 1 amide bonds. The maximum absolute atomic E-state index is 13.4. The number of alkyl halides is 2. The molecule has 146 valence electrons. The van der Waals surface area contributed by atoms with Gasteiger partial charge in [-0.15, -0.1) is 0 Å². The summed E-state index contributed by atoms with van der Waals surface area (Å²) in [5, 5.41) is 2.71. The number of amides is 1. The molecular formula is C20H19ClF2N4O. The maximum atomic E-state index is 13.4. The molecule has 5 nitrogen and oxygen atoms in total. The van der Waals surface area contributed by atoms with E-state index in [1.807, 2.05) is 28.6 Å². The van der Waals surface area contributed by atoms with Gasteiger partial charge in [-0.3, -0.25) is 4.79 Å². The van der Waals surface area contributed by atoms with Crippen LogP contribution in [-0.2, 0) is 13.5 Å². The first-order valence-electron chi connectivity index (χ1n) is 8.97. The van der Waals surface area contributed by atoms with Crippen molar-refractivity contribution in [2.45, 2.75) is 19.3 Å². The molecule has 8 heteroatoms. The largest absolute Gasteiger partial charge is 0.355 e. The van der Waals surface area contributed by atoms with E-state index < -0.39 is 6.43 Å². The Kier molecular flexibility index (Phi) is 4.71. The number of halogens is 3. The van der Waals surface area contributed by atoms with Crippen molar-refractivity contribution >= 4 is 40.0 Å². The van der Waals surface area contributed by atoms with Crippen LogP contribution in [0.15, 0.2) is 30.5 Å². The molecule has 1 N–H and O–H groups in total. The summed E-state index contributed by atoms with van der Waals surface area (Å²) in [6.45, 7) is 0.651. The predicted octanol–water partition coefficient (Wildman–Crippen LogP) is 4.61. The highest BCUT2D eigenvalue weighted by Gasteiger charge is 2.24. The fourth-order valence-corrected chi connectivity index (χ4v) is 3.99. The summed E-state index contributed by atoms with van der Waals surface area (Å²) in [5.41, 5.74) is 3.30. The number of hydrogen-bond donors (Lipinski definition) is 1. The van der Waals surface area contributed by atoms with Crippen molar-refractivity contribution < 1.29 is 13.6 Å². The van der Waals surface area contributed by atoms with Crippen molar-refractivity contribution in [2.75, 3.05) is 18.5 Å².